The summed E-state index contributed by atoms with van der Waals surface area (Å²) in [4.78, 5) is 11.3. The second-order valence-electron chi connectivity index (χ2n) is 6.48. The largest absolute Gasteiger partial charge is 0.478 e. The van der Waals surface area contributed by atoms with Gasteiger partial charge in [-0.1, -0.05) is 69.3 Å². The summed E-state index contributed by atoms with van der Waals surface area (Å²) in [5, 5.41) is 19.0. The van der Waals surface area contributed by atoms with E-state index in [0.29, 0.717) is 5.56 Å². The molecule has 0 aliphatic carbocycles. The standard InChI is InChI=1S/C22H21F3O3.C2H6/c1-4-20(26)18(21(27)28)11-14(3)16-9-10-17(19(12-16)22(23,24)25)15-7-5-13(2)6-8-15;1-2/h5-12,20,26H,3-4H2,1-2H3,(H,27,28);1-2H3/b18-11+;. The molecule has 2 aromatic rings. The average molecular weight is 420 g/mol. The van der Waals surface area contributed by atoms with E-state index < -0.39 is 23.8 Å². The van der Waals surface area contributed by atoms with E-state index in [-0.39, 0.29) is 28.7 Å². The van der Waals surface area contributed by atoms with Crippen molar-refractivity contribution >= 4 is 11.5 Å². The van der Waals surface area contributed by atoms with Crippen LogP contribution >= 0.6 is 0 Å². The molecule has 0 amide bonds. The van der Waals surface area contributed by atoms with Crippen molar-refractivity contribution in [2.45, 2.75) is 46.4 Å². The number of halogens is 3. The molecule has 162 valence electrons. The van der Waals surface area contributed by atoms with Crippen LogP contribution in [-0.2, 0) is 11.0 Å². The Morgan fingerprint density at radius 2 is 1.70 bits per heavy atom. The van der Waals surface area contributed by atoms with Gasteiger partial charge in [0.05, 0.1) is 17.2 Å². The van der Waals surface area contributed by atoms with Gasteiger partial charge >= 0.3 is 12.1 Å². The van der Waals surface area contributed by atoms with Crippen molar-refractivity contribution in [2.75, 3.05) is 0 Å². The van der Waals surface area contributed by atoms with Crippen molar-refractivity contribution in [2.24, 2.45) is 0 Å². The van der Waals surface area contributed by atoms with E-state index in [1.54, 1.807) is 31.2 Å². The summed E-state index contributed by atoms with van der Waals surface area (Å²) in [6.07, 6.45) is -4.56. The molecule has 0 bridgehead atoms. The Morgan fingerprint density at radius 1 is 1.13 bits per heavy atom. The van der Waals surface area contributed by atoms with Gasteiger partial charge < -0.3 is 10.2 Å². The van der Waals surface area contributed by atoms with E-state index in [2.05, 4.69) is 6.58 Å². The molecular formula is C24H27F3O3. The van der Waals surface area contributed by atoms with Gasteiger partial charge in [-0.2, -0.15) is 13.2 Å². The number of carbonyl (C=O) groups is 1. The number of benzene rings is 2. The van der Waals surface area contributed by atoms with Crippen LogP contribution in [0.15, 0.2) is 60.7 Å². The highest BCUT2D eigenvalue weighted by Crippen LogP contribution is 2.39. The fourth-order valence-electron chi connectivity index (χ4n) is 2.75. The predicted molar refractivity (Wildman–Crippen MR) is 114 cm³/mol. The lowest BCUT2D eigenvalue weighted by atomic mass is 9.93. The second kappa shape index (κ2) is 10.8. The molecule has 1 unspecified atom stereocenters. The first-order valence-electron chi connectivity index (χ1n) is 9.65. The van der Waals surface area contributed by atoms with E-state index in [4.69, 9.17) is 0 Å². The Labute approximate surface area is 175 Å². The first-order valence-corrected chi connectivity index (χ1v) is 9.65. The average Bonchev–Trinajstić information content (AvgIpc) is 2.72. The topological polar surface area (TPSA) is 57.5 Å². The fourth-order valence-corrected chi connectivity index (χ4v) is 2.75. The van der Waals surface area contributed by atoms with Crippen molar-refractivity contribution in [1.82, 2.24) is 0 Å². The van der Waals surface area contributed by atoms with E-state index >= 15 is 0 Å². The number of aliphatic hydroxyl groups excluding tert-OH is 1. The van der Waals surface area contributed by atoms with Crippen LogP contribution in [0.5, 0.6) is 0 Å². The van der Waals surface area contributed by atoms with Crippen LogP contribution < -0.4 is 0 Å². The minimum atomic E-state index is -4.60. The maximum Gasteiger partial charge on any atom is 0.417 e. The highest BCUT2D eigenvalue weighted by Gasteiger charge is 2.34. The van der Waals surface area contributed by atoms with Gasteiger partial charge in [-0.15, -0.1) is 0 Å². The molecule has 3 nitrogen and oxygen atoms in total. The van der Waals surface area contributed by atoms with Gasteiger partial charge in [0, 0.05) is 0 Å². The number of hydrogen-bond acceptors (Lipinski definition) is 2. The molecule has 2 rings (SSSR count). The molecule has 0 aromatic heterocycles. The normalized spacial score (nSPS) is 12.6. The maximum absolute atomic E-state index is 13.7. The Kier molecular flexibility index (Phi) is 9.05. The van der Waals surface area contributed by atoms with Crippen LogP contribution in [-0.4, -0.2) is 22.3 Å². The van der Waals surface area contributed by atoms with Gasteiger partial charge in [0.25, 0.3) is 0 Å². The van der Waals surface area contributed by atoms with Gasteiger partial charge in [-0.25, -0.2) is 4.79 Å². The summed E-state index contributed by atoms with van der Waals surface area (Å²) >= 11 is 0. The molecule has 0 aliphatic rings. The molecule has 2 N–H and O–H groups in total. The van der Waals surface area contributed by atoms with Crippen LogP contribution in [0.2, 0.25) is 0 Å². The zero-order chi connectivity index (χ0) is 23.1. The van der Waals surface area contributed by atoms with Crippen molar-refractivity contribution in [3.63, 3.8) is 0 Å². The van der Waals surface area contributed by atoms with E-state index in [1.165, 1.54) is 12.1 Å². The molecule has 0 radical (unpaired) electrons. The highest BCUT2D eigenvalue weighted by atomic mass is 19.4. The number of aliphatic carboxylic acids is 1. The lowest BCUT2D eigenvalue weighted by Crippen LogP contribution is -2.16. The van der Waals surface area contributed by atoms with E-state index in [1.807, 2.05) is 20.8 Å². The van der Waals surface area contributed by atoms with Crippen LogP contribution in [0, 0.1) is 6.92 Å². The molecule has 0 aliphatic heterocycles. The fraction of sp³-hybridized carbons (Fsp3) is 0.292. The highest BCUT2D eigenvalue weighted by molar-refractivity contribution is 5.92. The molecule has 0 heterocycles. The number of aliphatic hydroxyl groups is 1. The van der Waals surface area contributed by atoms with Crippen LogP contribution in [0.3, 0.4) is 0 Å². The summed E-state index contributed by atoms with van der Waals surface area (Å²) in [7, 11) is 0. The third-order valence-electron chi connectivity index (χ3n) is 4.38. The van der Waals surface area contributed by atoms with Crippen LogP contribution in [0.4, 0.5) is 13.2 Å². The number of hydrogen-bond donors (Lipinski definition) is 2. The molecular weight excluding hydrogens is 393 g/mol. The van der Waals surface area contributed by atoms with Crippen molar-refractivity contribution in [1.29, 1.82) is 0 Å². The monoisotopic (exact) mass is 420 g/mol. The zero-order valence-electron chi connectivity index (χ0n) is 17.5. The van der Waals surface area contributed by atoms with Crippen molar-refractivity contribution < 1.29 is 28.2 Å². The molecule has 2 aromatic carbocycles. The van der Waals surface area contributed by atoms with Crippen LogP contribution in [0.1, 0.15) is 43.9 Å². The smallest absolute Gasteiger partial charge is 0.417 e. The summed E-state index contributed by atoms with van der Waals surface area (Å²) < 4.78 is 41.0. The van der Waals surface area contributed by atoms with Gasteiger partial charge in [-0.3, -0.25) is 0 Å². The number of carboxylic acids is 1. The molecule has 30 heavy (non-hydrogen) atoms. The summed E-state index contributed by atoms with van der Waals surface area (Å²) in [5.74, 6) is -1.34. The molecule has 6 heteroatoms. The van der Waals surface area contributed by atoms with E-state index in [9.17, 15) is 28.2 Å². The lowest BCUT2D eigenvalue weighted by Gasteiger charge is -2.16. The third kappa shape index (κ3) is 6.32. The number of aryl methyl sites for hydroxylation is 1. The maximum atomic E-state index is 13.7. The second-order valence-corrected chi connectivity index (χ2v) is 6.48. The minimum absolute atomic E-state index is 0.0279. The summed E-state index contributed by atoms with van der Waals surface area (Å²) in [5.41, 5.74) is 0.442. The zero-order valence-corrected chi connectivity index (χ0v) is 17.5. The third-order valence-corrected chi connectivity index (χ3v) is 4.38. The van der Waals surface area contributed by atoms with Gasteiger partial charge in [-0.05, 0) is 47.8 Å². The molecule has 0 spiro atoms. The van der Waals surface area contributed by atoms with Gasteiger partial charge in [0.15, 0.2) is 0 Å². The first-order chi connectivity index (χ1) is 14.0. The predicted octanol–water partition coefficient (Wildman–Crippen LogP) is 6.50. The lowest BCUT2D eigenvalue weighted by molar-refractivity contribution is -0.137. The minimum Gasteiger partial charge on any atom is -0.478 e. The van der Waals surface area contributed by atoms with E-state index in [0.717, 1.165) is 17.7 Å². The SMILES string of the molecule is C=C(/C=C(/C(=O)O)C(O)CC)c1ccc(-c2ccc(C)cc2)c(C(F)(F)F)c1.CC. The first kappa shape index (κ1) is 25.2. The van der Waals surface area contributed by atoms with Gasteiger partial charge in [0.1, 0.15) is 0 Å². The molecule has 1 atom stereocenters. The Balaban J connectivity index is 0.00000218. The Morgan fingerprint density at radius 3 is 2.17 bits per heavy atom. The Bertz CT molecular complexity index is 910. The molecule has 0 fully saturated rings. The molecule has 0 saturated carbocycles. The quantitative estimate of drug-likeness (QED) is 0.414. The Hall–Kier alpha value is -2.86. The summed E-state index contributed by atoms with van der Waals surface area (Å²) in [6.45, 7) is 11.1. The van der Waals surface area contributed by atoms with Crippen molar-refractivity contribution in [3.05, 3.63) is 77.4 Å². The number of allylic oxidation sites excluding steroid dienone is 2. The number of rotatable bonds is 6. The van der Waals surface area contributed by atoms with Crippen molar-refractivity contribution in [3.8, 4) is 11.1 Å². The number of carboxylic acid groups (broad SMARTS) is 1. The van der Waals surface area contributed by atoms with Gasteiger partial charge in [0.2, 0.25) is 0 Å². The summed E-state index contributed by atoms with van der Waals surface area (Å²) in [6, 6.07) is 10.5. The van der Waals surface area contributed by atoms with Crippen LogP contribution in [0.25, 0.3) is 16.7 Å². The molecule has 0 saturated heterocycles. The number of alkyl halides is 3.